The number of halogens is 3. The van der Waals surface area contributed by atoms with Crippen LogP contribution >= 0.6 is 11.8 Å². The third-order valence-electron chi connectivity index (χ3n) is 3.98. The summed E-state index contributed by atoms with van der Waals surface area (Å²) in [6.07, 6.45) is -4.45. The van der Waals surface area contributed by atoms with Gasteiger partial charge in [0.2, 0.25) is 17.6 Å². The van der Waals surface area contributed by atoms with Crippen LogP contribution in [-0.2, 0) is 11.9 Å². The fraction of sp³-hybridized carbons (Fsp3) is 0.158. The van der Waals surface area contributed by atoms with Crippen molar-refractivity contribution < 1.29 is 26.8 Å². The van der Waals surface area contributed by atoms with Gasteiger partial charge in [0, 0.05) is 11.1 Å². The van der Waals surface area contributed by atoms with Gasteiger partial charge in [0.25, 0.3) is 5.22 Å². The summed E-state index contributed by atoms with van der Waals surface area (Å²) in [4.78, 5) is 4.13. The third-order valence-corrected chi connectivity index (χ3v) is 4.78. The summed E-state index contributed by atoms with van der Waals surface area (Å²) in [6, 6.07) is 11.9. The second-order valence-corrected chi connectivity index (χ2v) is 6.91. The first-order valence-electron chi connectivity index (χ1n) is 8.53. The second-order valence-electron chi connectivity index (χ2n) is 5.98. The van der Waals surface area contributed by atoms with Crippen LogP contribution in [0.2, 0.25) is 0 Å². The molecule has 0 aliphatic heterocycles. The van der Waals surface area contributed by atoms with Gasteiger partial charge in [-0.05, 0) is 36.4 Å². The maximum absolute atomic E-state index is 12.9. The average molecular weight is 434 g/mol. The highest BCUT2D eigenvalue weighted by Gasteiger charge is 2.30. The highest BCUT2D eigenvalue weighted by atomic mass is 32.2. The van der Waals surface area contributed by atoms with E-state index in [1.807, 2.05) is 0 Å². The number of alkyl halides is 3. The van der Waals surface area contributed by atoms with E-state index in [-0.39, 0.29) is 23.0 Å². The lowest BCUT2D eigenvalue weighted by molar-refractivity contribution is -0.137. The maximum atomic E-state index is 12.9. The predicted octanol–water partition coefficient (Wildman–Crippen LogP) is 5.11. The summed E-state index contributed by atoms with van der Waals surface area (Å²) in [5.74, 6) is 1.56. The van der Waals surface area contributed by atoms with Gasteiger partial charge in [-0.2, -0.15) is 18.2 Å². The molecule has 0 saturated heterocycles. The molecule has 0 radical (unpaired) electrons. The van der Waals surface area contributed by atoms with Crippen molar-refractivity contribution in [1.29, 1.82) is 0 Å². The van der Waals surface area contributed by atoms with Crippen LogP contribution in [0.15, 0.2) is 62.7 Å². The Morgan fingerprint density at radius 2 is 1.83 bits per heavy atom. The molecule has 0 spiro atoms. The van der Waals surface area contributed by atoms with E-state index in [1.54, 1.807) is 31.4 Å². The number of hydrogen-bond donors (Lipinski definition) is 0. The molecule has 4 aromatic rings. The Kier molecular flexibility index (Phi) is 5.44. The number of hydrogen-bond acceptors (Lipinski definition) is 8. The van der Waals surface area contributed by atoms with E-state index >= 15 is 0 Å². The molecule has 0 atom stereocenters. The largest absolute Gasteiger partial charge is 0.497 e. The minimum atomic E-state index is -4.45. The number of rotatable bonds is 6. The molecule has 0 aliphatic rings. The number of nitrogens with zero attached hydrogens (tertiary/aromatic N) is 4. The third kappa shape index (κ3) is 4.46. The van der Waals surface area contributed by atoms with E-state index in [4.69, 9.17) is 13.7 Å². The van der Waals surface area contributed by atoms with Gasteiger partial charge in [-0.1, -0.05) is 29.1 Å². The molecule has 11 heteroatoms. The Hall–Kier alpha value is -3.34. The molecule has 2 aromatic heterocycles. The zero-order valence-corrected chi connectivity index (χ0v) is 16.2. The Bertz CT molecular complexity index is 1140. The summed E-state index contributed by atoms with van der Waals surface area (Å²) in [5.41, 5.74) is 0.168. The van der Waals surface area contributed by atoms with Crippen molar-refractivity contribution in [3.05, 3.63) is 60.0 Å². The van der Waals surface area contributed by atoms with Crippen molar-refractivity contribution in [1.82, 2.24) is 20.3 Å². The number of aromatic nitrogens is 4. The summed E-state index contributed by atoms with van der Waals surface area (Å²) in [6.45, 7) is 0. The standard InChI is InChI=1S/C19H13F3N4O3S/c1-27-14-7-5-11(6-8-14)17-24-25-18(28-17)30-10-15-23-16(26-29-15)12-3-2-4-13(9-12)19(20,21)22/h2-9H,10H2,1H3. The van der Waals surface area contributed by atoms with E-state index in [0.717, 1.165) is 17.7 Å². The quantitative estimate of drug-likeness (QED) is 0.387. The van der Waals surface area contributed by atoms with Gasteiger partial charge in [-0.3, -0.25) is 0 Å². The van der Waals surface area contributed by atoms with Gasteiger partial charge in [0.1, 0.15) is 5.75 Å². The average Bonchev–Trinajstić information content (AvgIpc) is 3.42. The second kappa shape index (κ2) is 8.19. The zero-order valence-electron chi connectivity index (χ0n) is 15.4. The zero-order chi connectivity index (χ0) is 21.1. The molecule has 7 nitrogen and oxygen atoms in total. The van der Waals surface area contributed by atoms with Gasteiger partial charge in [0.15, 0.2) is 0 Å². The number of benzene rings is 2. The number of thioether (sulfide) groups is 1. The van der Waals surface area contributed by atoms with Crippen molar-refractivity contribution in [2.75, 3.05) is 7.11 Å². The number of ether oxygens (including phenoxy) is 1. The van der Waals surface area contributed by atoms with E-state index in [1.165, 1.54) is 23.9 Å². The lowest BCUT2D eigenvalue weighted by Crippen LogP contribution is -2.04. The van der Waals surface area contributed by atoms with Crippen molar-refractivity contribution in [3.8, 4) is 28.6 Å². The van der Waals surface area contributed by atoms with Gasteiger partial charge in [-0.25, -0.2) is 0 Å². The molecule has 0 N–H and O–H groups in total. The lowest BCUT2D eigenvalue weighted by atomic mass is 10.1. The van der Waals surface area contributed by atoms with Gasteiger partial charge >= 0.3 is 6.18 Å². The lowest BCUT2D eigenvalue weighted by Gasteiger charge is -2.06. The van der Waals surface area contributed by atoms with Gasteiger partial charge < -0.3 is 13.7 Å². The molecule has 0 bridgehead atoms. The summed E-state index contributed by atoms with van der Waals surface area (Å²) < 4.78 is 54.4. The molecule has 4 rings (SSSR count). The van der Waals surface area contributed by atoms with Crippen LogP contribution in [0.4, 0.5) is 13.2 Å². The van der Waals surface area contributed by atoms with E-state index in [9.17, 15) is 13.2 Å². The monoisotopic (exact) mass is 434 g/mol. The molecule has 0 unspecified atom stereocenters. The van der Waals surface area contributed by atoms with Crippen LogP contribution in [0.1, 0.15) is 11.5 Å². The highest BCUT2D eigenvalue weighted by Crippen LogP contribution is 2.32. The van der Waals surface area contributed by atoms with E-state index in [2.05, 4.69) is 20.3 Å². The summed E-state index contributed by atoms with van der Waals surface area (Å²) in [5, 5.41) is 12.0. The first-order chi connectivity index (χ1) is 14.4. The molecule has 30 heavy (non-hydrogen) atoms. The van der Waals surface area contributed by atoms with E-state index < -0.39 is 11.7 Å². The molecular weight excluding hydrogens is 421 g/mol. The first-order valence-corrected chi connectivity index (χ1v) is 9.52. The summed E-state index contributed by atoms with van der Waals surface area (Å²) in [7, 11) is 1.58. The minimum absolute atomic E-state index is 0.0705. The Morgan fingerprint density at radius 1 is 1.03 bits per heavy atom. The predicted molar refractivity (Wildman–Crippen MR) is 101 cm³/mol. The van der Waals surface area contributed by atoms with E-state index in [0.29, 0.717) is 16.9 Å². The molecule has 0 amide bonds. The van der Waals surface area contributed by atoms with Crippen molar-refractivity contribution >= 4 is 11.8 Å². The molecule has 2 aromatic carbocycles. The Balaban J connectivity index is 1.42. The first kappa shape index (κ1) is 20.0. The molecule has 0 fully saturated rings. The fourth-order valence-corrected chi connectivity index (χ4v) is 3.11. The van der Waals surface area contributed by atoms with Crippen molar-refractivity contribution in [2.45, 2.75) is 17.2 Å². The SMILES string of the molecule is COc1ccc(-c2nnc(SCc3nc(-c4cccc(C(F)(F)F)c4)no3)o2)cc1. The number of methoxy groups -OCH3 is 1. The molecule has 154 valence electrons. The van der Waals surface area contributed by atoms with Crippen molar-refractivity contribution in [3.63, 3.8) is 0 Å². The van der Waals surface area contributed by atoms with Crippen LogP contribution in [0.5, 0.6) is 5.75 Å². The van der Waals surface area contributed by atoms with Crippen LogP contribution in [0.3, 0.4) is 0 Å². The fourth-order valence-electron chi connectivity index (χ4n) is 2.51. The minimum Gasteiger partial charge on any atom is -0.497 e. The molecule has 0 aliphatic carbocycles. The normalized spacial score (nSPS) is 11.6. The van der Waals surface area contributed by atoms with Gasteiger partial charge in [-0.15, -0.1) is 10.2 Å². The topological polar surface area (TPSA) is 87.1 Å². The highest BCUT2D eigenvalue weighted by molar-refractivity contribution is 7.98. The maximum Gasteiger partial charge on any atom is 0.416 e. The Labute approximate surface area is 172 Å². The smallest absolute Gasteiger partial charge is 0.416 e. The van der Waals surface area contributed by atoms with Crippen LogP contribution in [0, 0.1) is 0 Å². The summed E-state index contributed by atoms with van der Waals surface area (Å²) >= 11 is 1.17. The Morgan fingerprint density at radius 3 is 2.57 bits per heavy atom. The molecule has 2 heterocycles. The van der Waals surface area contributed by atoms with Crippen LogP contribution in [-0.4, -0.2) is 27.4 Å². The van der Waals surface area contributed by atoms with Crippen molar-refractivity contribution in [2.24, 2.45) is 0 Å². The van der Waals surface area contributed by atoms with Crippen LogP contribution < -0.4 is 4.74 Å². The van der Waals surface area contributed by atoms with Crippen LogP contribution in [0.25, 0.3) is 22.8 Å². The molecule has 0 saturated carbocycles. The van der Waals surface area contributed by atoms with Gasteiger partial charge in [0.05, 0.1) is 18.4 Å². The molecular formula is C19H13F3N4O3S.